The van der Waals surface area contributed by atoms with Crippen molar-refractivity contribution >= 4 is 63.8 Å². The molecule has 8 aromatic rings. The Morgan fingerprint density at radius 1 is 0.405 bits per heavy atom. The second-order valence-electron chi connectivity index (χ2n) is 9.57. The summed E-state index contributed by atoms with van der Waals surface area (Å²) in [6.45, 7) is 0. The molecule has 2 aromatic heterocycles. The van der Waals surface area contributed by atoms with Crippen molar-refractivity contribution in [2.75, 3.05) is 0 Å². The maximum atomic E-state index is 4.96. The Morgan fingerprint density at radius 2 is 1.03 bits per heavy atom. The number of rotatable bonds is 2. The van der Waals surface area contributed by atoms with Crippen LogP contribution in [0.3, 0.4) is 0 Å². The largest absolute Gasteiger partial charge is 0.256 e. The van der Waals surface area contributed by atoms with Crippen LogP contribution >= 0.6 is 11.3 Å². The molecule has 0 spiro atoms. The molecule has 1 nitrogen and oxygen atoms in total. The second kappa shape index (κ2) is 7.99. The molecule has 0 radical (unpaired) electrons. The van der Waals surface area contributed by atoms with Gasteiger partial charge in [-0.2, -0.15) is 0 Å². The first-order chi connectivity index (χ1) is 18.3. The second-order valence-corrected chi connectivity index (χ2v) is 10.6. The Hall–Kier alpha value is -4.53. The highest BCUT2D eigenvalue weighted by atomic mass is 32.1. The molecule has 0 N–H and O–H groups in total. The van der Waals surface area contributed by atoms with Gasteiger partial charge in [0.2, 0.25) is 0 Å². The van der Waals surface area contributed by atoms with Crippen LogP contribution in [0.5, 0.6) is 0 Å². The summed E-state index contributed by atoms with van der Waals surface area (Å²) in [5, 5.41) is 10.4. The summed E-state index contributed by atoms with van der Waals surface area (Å²) < 4.78 is 2.64. The smallest absolute Gasteiger partial charge is 0.0716 e. The van der Waals surface area contributed by atoms with Gasteiger partial charge in [0.05, 0.1) is 5.69 Å². The first kappa shape index (κ1) is 20.6. The molecule has 8 rings (SSSR count). The monoisotopic (exact) mass is 487 g/mol. The SMILES string of the molecule is c1ccc2c(-c3ccc(-c4cccc5c4sc4c5ccc5c6ccccc6ccc54)nc3)cccc2c1. The number of fused-ring (bicyclic) bond motifs is 8. The molecule has 0 amide bonds. The standard InChI is InChI=1S/C35H21NS/c1-3-10-25-22(7-1)9-5-12-27(25)24-16-20-33(36-21-24)32-14-6-13-29-31-19-18-28-26-11-4-2-8-23(26)15-17-30(28)34(31)37-35(29)32/h1-21H. The fourth-order valence-corrected chi connectivity index (χ4v) is 7.09. The summed E-state index contributed by atoms with van der Waals surface area (Å²) in [5.74, 6) is 0. The molecule has 6 aromatic carbocycles. The van der Waals surface area contributed by atoms with Crippen molar-refractivity contribution in [1.82, 2.24) is 4.98 Å². The lowest BCUT2D eigenvalue weighted by molar-refractivity contribution is 1.34. The molecule has 0 saturated heterocycles. The van der Waals surface area contributed by atoms with Gasteiger partial charge in [0.1, 0.15) is 0 Å². The molecule has 2 heterocycles. The quantitative estimate of drug-likeness (QED) is 0.221. The van der Waals surface area contributed by atoms with Crippen LogP contribution in [0.2, 0.25) is 0 Å². The third kappa shape index (κ3) is 3.13. The number of thiophene rings is 1. The highest BCUT2D eigenvalue weighted by molar-refractivity contribution is 7.27. The fraction of sp³-hybridized carbons (Fsp3) is 0. The minimum absolute atomic E-state index is 1.01. The topological polar surface area (TPSA) is 12.9 Å². The molecular formula is C35H21NS. The normalized spacial score (nSPS) is 11.8. The zero-order chi connectivity index (χ0) is 24.3. The van der Waals surface area contributed by atoms with Crippen LogP contribution in [0.15, 0.2) is 128 Å². The molecule has 0 saturated carbocycles. The van der Waals surface area contributed by atoms with Crippen LogP contribution in [0, 0.1) is 0 Å². The Bertz CT molecular complexity index is 2130. The van der Waals surface area contributed by atoms with E-state index in [0.29, 0.717) is 0 Å². The number of benzene rings is 6. The van der Waals surface area contributed by atoms with E-state index in [2.05, 4.69) is 121 Å². The van der Waals surface area contributed by atoms with Crippen LogP contribution < -0.4 is 0 Å². The lowest BCUT2D eigenvalue weighted by Crippen LogP contribution is -1.86. The zero-order valence-corrected chi connectivity index (χ0v) is 20.8. The van der Waals surface area contributed by atoms with Gasteiger partial charge in [-0.3, -0.25) is 4.98 Å². The van der Waals surface area contributed by atoms with E-state index in [1.165, 1.54) is 63.6 Å². The predicted molar refractivity (Wildman–Crippen MR) is 161 cm³/mol. The van der Waals surface area contributed by atoms with Crippen LogP contribution in [-0.2, 0) is 0 Å². The number of hydrogen-bond acceptors (Lipinski definition) is 2. The van der Waals surface area contributed by atoms with E-state index in [4.69, 9.17) is 4.98 Å². The van der Waals surface area contributed by atoms with Crippen molar-refractivity contribution < 1.29 is 0 Å². The third-order valence-corrected chi connectivity index (χ3v) is 8.81. The minimum atomic E-state index is 1.01. The van der Waals surface area contributed by atoms with Crippen molar-refractivity contribution in [3.8, 4) is 22.4 Å². The highest BCUT2D eigenvalue weighted by Crippen LogP contribution is 2.43. The van der Waals surface area contributed by atoms with E-state index in [9.17, 15) is 0 Å². The van der Waals surface area contributed by atoms with E-state index in [1.54, 1.807) is 0 Å². The Morgan fingerprint density at radius 3 is 1.89 bits per heavy atom. The lowest BCUT2D eigenvalue weighted by Gasteiger charge is -2.08. The highest BCUT2D eigenvalue weighted by Gasteiger charge is 2.14. The molecule has 0 unspecified atom stereocenters. The van der Waals surface area contributed by atoms with Gasteiger partial charge in [-0.25, -0.2) is 0 Å². The van der Waals surface area contributed by atoms with Crippen molar-refractivity contribution in [3.05, 3.63) is 128 Å². The first-order valence-corrected chi connectivity index (χ1v) is 13.4. The summed E-state index contributed by atoms with van der Waals surface area (Å²) in [6.07, 6.45) is 2.02. The van der Waals surface area contributed by atoms with E-state index >= 15 is 0 Å². The number of aromatic nitrogens is 1. The van der Waals surface area contributed by atoms with Gasteiger partial charge in [-0.15, -0.1) is 11.3 Å². The first-order valence-electron chi connectivity index (χ1n) is 12.6. The van der Waals surface area contributed by atoms with Gasteiger partial charge in [0, 0.05) is 42.9 Å². The molecule has 0 aliphatic rings. The van der Waals surface area contributed by atoms with Gasteiger partial charge < -0.3 is 0 Å². The van der Waals surface area contributed by atoms with Crippen molar-refractivity contribution in [2.45, 2.75) is 0 Å². The van der Waals surface area contributed by atoms with Crippen LogP contribution in [0.25, 0.3) is 74.9 Å². The fourth-order valence-electron chi connectivity index (χ4n) is 5.74. The Balaban J connectivity index is 1.30. The van der Waals surface area contributed by atoms with Gasteiger partial charge in [-0.05, 0) is 38.6 Å². The van der Waals surface area contributed by atoms with Gasteiger partial charge in [0.25, 0.3) is 0 Å². The molecule has 0 aliphatic carbocycles. The summed E-state index contributed by atoms with van der Waals surface area (Å²) in [6, 6.07) is 43.7. The van der Waals surface area contributed by atoms with Crippen LogP contribution in [0.4, 0.5) is 0 Å². The number of nitrogens with zero attached hydrogens (tertiary/aromatic N) is 1. The minimum Gasteiger partial charge on any atom is -0.256 e. The number of pyridine rings is 1. The van der Waals surface area contributed by atoms with Crippen LogP contribution in [-0.4, -0.2) is 4.98 Å². The van der Waals surface area contributed by atoms with Crippen molar-refractivity contribution in [1.29, 1.82) is 0 Å². The molecular weight excluding hydrogens is 466 g/mol. The van der Waals surface area contributed by atoms with E-state index in [1.807, 2.05) is 17.5 Å². The van der Waals surface area contributed by atoms with E-state index < -0.39 is 0 Å². The van der Waals surface area contributed by atoms with Crippen molar-refractivity contribution in [3.63, 3.8) is 0 Å². The molecule has 0 atom stereocenters. The van der Waals surface area contributed by atoms with Crippen LogP contribution in [0.1, 0.15) is 0 Å². The molecule has 0 bridgehead atoms. The molecule has 37 heavy (non-hydrogen) atoms. The Labute approximate surface area is 218 Å². The average molecular weight is 488 g/mol. The molecule has 172 valence electrons. The van der Waals surface area contributed by atoms with E-state index in [-0.39, 0.29) is 0 Å². The molecule has 0 fully saturated rings. The number of hydrogen-bond donors (Lipinski definition) is 0. The van der Waals surface area contributed by atoms with Gasteiger partial charge >= 0.3 is 0 Å². The van der Waals surface area contributed by atoms with E-state index in [0.717, 1.165) is 11.3 Å². The Kier molecular flexibility index (Phi) is 4.46. The summed E-state index contributed by atoms with van der Waals surface area (Å²) in [5.41, 5.74) is 4.56. The van der Waals surface area contributed by atoms with Crippen molar-refractivity contribution in [2.24, 2.45) is 0 Å². The van der Waals surface area contributed by atoms with Gasteiger partial charge in [0.15, 0.2) is 0 Å². The predicted octanol–water partition coefficient (Wildman–Crippen LogP) is 10.2. The summed E-state index contributed by atoms with van der Waals surface area (Å²) in [7, 11) is 0. The molecule has 2 heteroatoms. The maximum absolute atomic E-state index is 4.96. The summed E-state index contributed by atoms with van der Waals surface area (Å²) in [4.78, 5) is 4.96. The summed E-state index contributed by atoms with van der Waals surface area (Å²) >= 11 is 1.88. The molecule has 0 aliphatic heterocycles. The average Bonchev–Trinajstić information content (AvgIpc) is 3.36. The van der Waals surface area contributed by atoms with Gasteiger partial charge in [-0.1, -0.05) is 115 Å². The maximum Gasteiger partial charge on any atom is 0.0716 e. The third-order valence-electron chi connectivity index (χ3n) is 7.53. The lowest BCUT2D eigenvalue weighted by atomic mass is 9.98. The zero-order valence-electron chi connectivity index (χ0n) is 20.0.